The summed E-state index contributed by atoms with van der Waals surface area (Å²) < 4.78 is 4.82. The molecule has 1 saturated carbocycles. The highest BCUT2D eigenvalue weighted by Gasteiger charge is 2.27. The normalized spacial score (nSPS) is 22.0. The van der Waals surface area contributed by atoms with Gasteiger partial charge in [0, 0.05) is 16.8 Å². The van der Waals surface area contributed by atoms with Crippen molar-refractivity contribution < 1.29 is 9.53 Å². The van der Waals surface area contributed by atoms with Crippen LogP contribution in [0.4, 0.5) is 5.82 Å². The Morgan fingerprint density at radius 3 is 2.76 bits per heavy atom. The third-order valence-corrected chi connectivity index (χ3v) is 4.17. The van der Waals surface area contributed by atoms with Gasteiger partial charge in [0.2, 0.25) is 0 Å². The first-order valence-electron chi connectivity index (χ1n) is 7.32. The monoisotopic (exact) mass is 285 g/mol. The van der Waals surface area contributed by atoms with E-state index in [1.165, 1.54) is 7.11 Å². The number of methoxy groups -OCH3 is 1. The number of hydrogen-bond acceptors (Lipinski definition) is 5. The van der Waals surface area contributed by atoms with Gasteiger partial charge in [0.1, 0.15) is 0 Å². The summed E-state index contributed by atoms with van der Waals surface area (Å²) in [4.78, 5) is 11.5. The Hall–Kier alpha value is -2.17. The van der Waals surface area contributed by atoms with Crippen LogP contribution in [0.1, 0.15) is 25.7 Å². The lowest BCUT2D eigenvalue weighted by molar-refractivity contribution is -0.146. The van der Waals surface area contributed by atoms with E-state index in [0.717, 1.165) is 42.3 Å². The summed E-state index contributed by atoms with van der Waals surface area (Å²) in [6, 6.07) is 8.42. The predicted octanol–water partition coefficient (Wildman–Crippen LogP) is 2.77. The molecule has 1 heterocycles. The van der Waals surface area contributed by atoms with Gasteiger partial charge in [-0.15, -0.1) is 5.10 Å². The summed E-state index contributed by atoms with van der Waals surface area (Å²) in [5.41, 5.74) is 0. The van der Waals surface area contributed by atoms with Crippen molar-refractivity contribution in [2.75, 3.05) is 12.4 Å². The van der Waals surface area contributed by atoms with Gasteiger partial charge in [0.15, 0.2) is 5.82 Å². The maximum Gasteiger partial charge on any atom is 0.308 e. The average Bonchev–Trinajstić information content (AvgIpc) is 2.55. The molecule has 1 aliphatic rings. The van der Waals surface area contributed by atoms with Crippen LogP contribution in [0.15, 0.2) is 30.5 Å². The van der Waals surface area contributed by atoms with Crippen LogP contribution in [0.3, 0.4) is 0 Å². The molecule has 0 spiro atoms. The number of hydrogen-bond donors (Lipinski definition) is 1. The summed E-state index contributed by atoms with van der Waals surface area (Å²) in [5.74, 6) is 0.791. The molecule has 0 amide bonds. The van der Waals surface area contributed by atoms with Crippen LogP contribution >= 0.6 is 0 Å². The van der Waals surface area contributed by atoms with Gasteiger partial charge in [-0.1, -0.05) is 24.3 Å². The fourth-order valence-corrected chi connectivity index (χ4v) is 2.97. The Morgan fingerprint density at radius 1 is 1.24 bits per heavy atom. The number of fused-ring (bicyclic) bond motifs is 1. The predicted molar refractivity (Wildman–Crippen MR) is 80.9 cm³/mol. The van der Waals surface area contributed by atoms with E-state index >= 15 is 0 Å². The topological polar surface area (TPSA) is 64.1 Å². The first-order chi connectivity index (χ1) is 10.3. The van der Waals surface area contributed by atoms with E-state index in [0.29, 0.717) is 6.04 Å². The number of rotatable bonds is 3. The molecule has 1 N–H and O–H groups in total. The Balaban J connectivity index is 1.69. The molecule has 1 aromatic carbocycles. The number of carbonyl (C=O) groups excluding carboxylic acids is 1. The molecule has 110 valence electrons. The SMILES string of the molecule is COC(=O)C1CCC(Nc2nncc3ccccc23)CC1. The smallest absolute Gasteiger partial charge is 0.308 e. The Labute approximate surface area is 123 Å². The summed E-state index contributed by atoms with van der Waals surface area (Å²) in [6.07, 6.45) is 5.40. The minimum absolute atomic E-state index is 0.0478. The fraction of sp³-hybridized carbons (Fsp3) is 0.438. The van der Waals surface area contributed by atoms with Crippen molar-refractivity contribution in [3.63, 3.8) is 0 Å². The van der Waals surface area contributed by atoms with Crippen molar-refractivity contribution in [2.45, 2.75) is 31.7 Å². The summed E-state index contributed by atoms with van der Waals surface area (Å²) >= 11 is 0. The van der Waals surface area contributed by atoms with E-state index < -0.39 is 0 Å². The maximum absolute atomic E-state index is 11.5. The molecule has 0 unspecified atom stereocenters. The van der Waals surface area contributed by atoms with Crippen molar-refractivity contribution in [2.24, 2.45) is 5.92 Å². The second kappa shape index (κ2) is 6.08. The van der Waals surface area contributed by atoms with E-state index in [1.54, 1.807) is 6.20 Å². The Bertz CT molecular complexity index is 631. The van der Waals surface area contributed by atoms with E-state index in [1.807, 2.05) is 24.3 Å². The summed E-state index contributed by atoms with van der Waals surface area (Å²) in [7, 11) is 1.46. The number of esters is 1. The molecule has 0 atom stereocenters. The molecule has 0 radical (unpaired) electrons. The van der Waals surface area contributed by atoms with Gasteiger partial charge in [0.25, 0.3) is 0 Å². The molecule has 1 fully saturated rings. The molecule has 0 aliphatic heterocycles. The lowest BCUT2D eigenvalue weighted by atomic mass is 9.86. The van der Waals surface area contributed by atoms with E-state index in [-0.39, 0.29) is 11.9 Å². The zero-order valence-corrected chi connectivity index (χ0v) is 12.1. The van der Waals surface area contributed by atoms with Gasteiger partial charge >= 0.3 is 5.97 Å². The van der Waals surface area contributed by atoms with Crippen LogP contribution in [-0.4, -0.2) is 29.3 Å². The standard InChI is InChI=1S/C16H19N3O2/c1-21-16(20)11-6-8-13(9-7-11)18-15-14-5-3-2-4-12(14)10-17-19-15/h2-5,10-11,13H,6-9H2,1H3,(H,18,19). The Kier molecular flexibility index (Phi) is 3.99. The molecule has 0 saturated heterocycles. The Morgan fingerprint density at radius 2 is 2.00 bits per heavy atom. The number of ether oxygens (including phenoxy) is 1. The van der Waals surface area contributed by atoms with Gasteiger partial charge in [-0.2, -0.15) is 5.10 Å². The lowest BCUT2D eigenvalue weighted by Gasteiger charge is -2.28. The number of anilines is 1. The van der Waals surface area contributed by atoms with Crippen molar-refractivity contribution >= 4 is 22.6 Å². The molecular formula is C16H19N3O2. The zero-order valence-electron chi connectivity index (χ0n) is 12.1. The van der Waals surface area contributed by atoms with Gasteiger partial charge in [-0.05, 0) is 25.7 Å². The third kappa shape index (κ3) is 2.96. The highest BCUT2D eigenvalue weighted by atomic mass is 16.5. The molecule has 0 bridgehead atoms. The van der Waals surface area contributed by atoms with Crippen LogP contribution in [0, 0.1) is 5.92 Å². The maximum atomic E-state index is 11.5. The van der Waals surface area contributed by atoms with E-state index in [2.05, 4.69) is 15.5 Å². The molecule has 21 heavy (non-hydrogen) atoms. The quantitative estimate of drug-likeness (QED) is 0.878. The molecule has 3 rings (SSSR count). The first-order valence-corrected chi connectivity index (χ1v) is 7.32. The lowest BCUT2D eigenvalue weighted by Crippen LogP contribution is -2.30. The van der Waals surface area contributed by atoms with Gasteiger partial charge in [-0.25, -0.2) is 0 Å². The van der Waals surface area contributed by atoms with Crippen molar-refractivity contribution in [1.29, 1.82) is 0 Å². The van der Waals surface area contributed by atoms with Gasteiger partial charge < -0.3 is 10.1 Å². The number of benzene rings is 1. The van der Waals surface area contributed by atoms with Crippen LogP contribution < -0.4 is 5.32 Å². The van der Waals surface area contributed by atoms with E-state index in [4.69, 9.17) is 4.74 Å². The number of aromatic nitrogens is 2. The summed E-state index contributed by atoms with van der Waals surface area (Å²) in [5, 5.41) is 13.9. The number of carbonyl (C=O) groups is 1. The van der Waals surface area contributed by atoms with Crippen LogP contribution in [0.2, 0.25) is 0 Å². The highest BCUT2D eigenvalue weighted by molar-refractivity contribution is 5.90. The highest BCUT2D eigenvalue weighted by Crippen LogP contribution is 2.28. The molecule has 5 nitrogen and oxygen atoms in total. The third-order valence-electron chi connectivity index (χ3n) is 4.17. The first kappa shape index (κ1) is 13.8. The van der Waals surface area contributed by atoms with Crippen LogP contribution in [0.25, 0.3) is 10.8 Å². The molecule has 5 heteroatoms. The minimum atomic E-state index is -0.0848. The van der Waals surface area contributed by atoms with E-state index in [9.17, 15) is 4.79 Å². The number of nitrogens with zero attached hydrogens (tertiary/aromatic N) is 2. The zero-order chi connectivity index (χ0) is 14.7. The van der Waals surface area contributed by atoms with Crippen molar-refractivity contribution in [3.8, 4) is 0 Å². The molecular weight excluding hydrogens is 266 g/mol. The minimum Gasteiger partial charge on any atom is -0.469 e. The molecule has 1 aromatic heterocycles. The number of nitrogens with one attached hydrogen (secondary N) is 1. The largest absolute Gasteiger partial charge is 0.469 e. The molecule has 2 aromatic rings. The molecule has 1 aliphatic carbocycles. The van der Waals surface area contributed by atoms with Crippen molar-refractivity contribution in [3.05, 3.63) is 30.5 Å². The second-order valence-corrected chi connectivity index (χ2v) is 5.50. The van der Waals surface area contributed by atoms with Crippen LogP contribution in [-0.2, 0) is 9.53 Å². The van der Waals surface area contributed by atoms with Crippen LogP contribution in [0.5, 0.6) is 0 Å². The van der Waals surface area contributed by atoms with Gasteiger partial charge in [0.05, 0.1) is 19.2 Å². The fourth-order valence-electron chi connectivity index (χ4n) is 2.97. The second-order valence-electron chi connectivity index (χ2n) is 5.50. The summed E-state index contributed by atoms with van der Waals surface area (Å²) in [6.45, 7) is 0. The average molecular weight is 285 g/mol. The van der Waals surface area contributed by atoms with Gasteiger partial charge in [-0.3, -0.25) is 4.79 Å². The van der Waals surface area contributed by atoms with Crippen molar-refractivity contribution in [1.82, 2.24) is 10.2 Å².